The summed E-state index contributed by atoms with van der Waals surface area (Å²) in [6.45, 7) is 16.2. The van der Waals surface area contributed by atoms with Crippen molar-refractivity contribution in [1.82, 2.24) is 14.4 Å². The number of nitrogens with one attached hydrogen (secondary N) is 3. The van der Waals surface area contributed by atoms with Crippen molar-refractivity contribution in [3.05, 3.63) is 60.7 Å². The zero-order valence-corrected chi connectivity index (χ0v) is 20.4. The maximum atomic E-state index is 3.86. The molecular formula is C22H37N5Si2. The molecule has 0 aliphatic carbocycles. The van der Waals surface area contributed by atoms with E-state index >= 15 is 0 Å². The van der Waals surface area contributed by atoms with E-state index in [1.165, 1.54) is 11.4 Å². The highest BCUT2D eigenvalue weighted by Gasteiger charge is 2.34. The number of benzene rings is 2. The summed E-state index contributed by atoms with van der Waals surface area (Å²) in [7, 11) is -3.54. The van der Waals surface area contributed by atoms with Gasteiger partial charge in [-0.25, -0.2) is 0 Å². The molecule has 3 rings (SSSR count). The van der Waals surface area contributed by atoms with Crippen LogP contribution in [0.1, 0.15) is 0 Å². The first-order valence-corrected chi connectivity index (χ1v) is 16.6. The van der Waals surface area contributed by atoms with Crippen molar-refractivity contribution in [2.24, 2.45) is 0 Å². The summed E-state index contributed by atoms with van der Waals surface area (Å²) in [5.41, 5.74) is 2.46. The van der Waals surface area contributed by atoms with Crippen molar-refractivity contribution in [3.63, 3.8) is 0 Å². The smallest absolute Gasteiger partial charge is 0.226 e. The topological polar surface area (TPSA) is 42.6 Å². The van der Waals surface area contributed by atoms with Gasteiger partial charge < -0.3 is 24.4 Å². The third-order valence-electron chi connectivity index (χ3n) is 5.79. The molecule has 0 spiro atoms. The van der Waals surface area contributed by atoms with Crippen molar-refractivity contribution in [1.29, 1.82) is 0 Å². The van der Waals surface area contributed by atoms with E-state index < -0.39 is 16.8 Å². The van der Waals surface area contributed by atoms with Gasteiger partial charge >= 0.3 is 0 Å². The Morgan fingerprint density at radius 2 is 1.00 bits per heavy atom. The Morgan fingerprint density at radius 1 is 0.621 bits per heavy atom. The lowest BCUT2D eigenvalue weighted by Gasteiger charge is -2.41. The molecule has 3 N–H and O–H groups in total. The van der Waals surface area contributed by atoms with Crippen LogP contribution >= 0.6 is 0 Å². The summed E-state index contributed by atoms with van der Waals surface area (Å²) in [5, 5.41) is 3.66. The first-order valence-electron chi connectivity index (χ1n) is 10.7. The van der Waals surface area contributed by atoms with Crippen molar-refractivity contribution in [2.75, 3.05) is 49.2 Å². The molecule has 1 fully saturated rings. The first kappa shape index (κ1) is 22.0. The van der Waals surface area contributed by atoms with E-state index in [0.29, 0.717) is 0 Å². The fraction of sp³-hybridized carbons (Fsp3) is 0.455. The maximum absolute atomic E-state index is 3.86. The van der Waals surface area contributed by atoms with Gasteiger partial charge in [-0.1, -0.05) is 36.4 Å². The Kier molecular flexibility index (Phi) is 7.53. The van der Waals surface area contributed by atoms with Crippen molar-refractivity contribution in [3.8, 4) is 0 Å². The van der Waals surface area contributed by atoms with Gasteiger partial charge in [0.25, 0.3) is 0 Å². The Bertz CT molecular complexity index is 676. The fourth-order valence-electron chi connectivity index (χ4n) is 4.04. The van der Waals surface area contributed by atoms with Crippen LogP contribution in [-0.4, -0.2) is 65.2 Å². The minimum Gasteiger partial charge on any atom is -0.399 e. The molecule has 1 saturated heterocycles. The molecule has 0 aromatic heterocycles. The number of hydrogen-bond acceptors (Lipinski definition) is 5. The van der Waals surface area contributed by atoms with E-state index in [9.17, 15) is 0 Å². The Morgan fingerprint density at radius 3 is 1.38 bits per heavy atom. The molecule has 5 nitrogen and oxygen atoms in total. The van der Waals surface area contributed by atoms with Crippen LogP contribution in [0.4, 0.5) is 11.4 Å². The average Bonchev–Trinajstić information content (AvgIpc) is 2.81. The van der Waals surface area contributed by atoms with Gasteiger partial charge in [0.1, 0.15) is 0 Å². The molecule has 2 aromatic carbocycles. The zero-order chi connectivity index (χ0) is 20.7. The quantitative estimate of drug-likeness (QED) is 0.612. The molecule has 1 aliphatic rings. The van der Waals surface area contributed by atoms with Crippen LogP contribution in [0.5, 0.6) is 0 Å². The van der Waals surface area contributed by atoms with E-state index in [1.54, 1.807) is 0 Å². The number of para-hydroxylation sites is 2. The van der Waals surface area contributed by atoms with Crippen LogP contribution in [0.2, 0.25) is 26.2 Å². The van der Waals surface area contributed by atoms with E-state index in [0.717, 1.165) is 39.3 Å². The summed E-state index contributed by atoms with van der Waals surface area (Å²) in [4.78, 5) is 7.73. The standard InChI is InChI=1S/C22H37N5Si2/c1-28(2,24-21-11-7-5-8-12-21)26-17-15-23-16-18-27(20-19-26)29(3,4)25-22-13-9-6-10-14-22/h5-14,23-25H,15-20H2,1-4H3. The van der Waals surface area contributed by atoms with Crippen LogP contribution in [0.15, 0.2) is 60.7 Å². The molecule has 7 heteroatoms. The van der Waals surface area contributed by atoms with E-state index in [4.69, 9.17) is 0 Å². The second-order valence-electron chi connectivity index (χ2n) is 8.82. The van der Waals surface area contributed by atoms with Crippen LogP contribution in [0.3, 0.4) is 0 Å². The summed E-state index contributed by atoms with van der Waals surface area (Å²) >= 11 is 0. The number of hydrogen-bond donors (Lipinski definition) is 3. The van der Waals surface area contributed by atoms with E-state index in [1.807, 2.05) is 0 Å². The molecule has 2 aromatic rings. The molecule has 0 amide bonds. The molecule has 1 aliphatic heterocycles. The first-order chi connectivity index (χ1) is 13.9. The lowest BCUT2D eigenvalue weighted by molar-refractivity contribution is 0.367. The van der Waals surface area contributed by atoms with Gasteiger partial charge in [0, 0.05) is 50.6 Å². The number of anilines is 2. The molecular weight excluding hydrogens is 390 g/mol. The normalized spacial score (nSPS) is 17.8. The summed E-state index contributed by atoms with van der Waals surface area (Å²) in [6, 6.07) is 21.3. The lowest BCUT2D eigenvalue weighted by atomic mass is 10.3. The number of nitrogens with zero attached hydrogens (tertiary/aromatic N) is 2. The average molecular weight is 428 g/mol. The fourth-order valence-corrected chi connectivity index (χ4v) is 8.77. The third kappa shape index (κ3) is 6.42. The monoisotopic (exact) mass is 427 g/mol. The van der Waals surface area contributed by atoms with Gasteiger partial charge in [-0.2, -0.15) is 0 Å². The van der Waals surface area contributed by atoms with Crippen LogP contribution in [0, 0.1) is 0 Å². The minimum atomic E-state index is -1.77. The van der Waals surface area contributed by atoms with Crippen molar-refractivity contribution < 1.29 is 0 Å². The molecule has 29 heavy (non-hydrogen) atoms. The van der Waals surface area contributed by atoms with Gasteiger partial charge in [0.2, 0.25) is 16.8 Å². The van der Waals surface area contributed by atoms with Crippen molar-refractivity contribution in [2.45, 2.75) is 26.2 Å². The molecule has 0 atom stereocenters. The third-order valence-corrected chi connectivity index (χ3v) is 11.6. The predicted molar refractivity (Wildman–Crippen MR) is 131 cm³/mol. The van der Waals surface area contributed by atoms with Crippen LogP contribution in [-0.2, 0) is 0 Å². The van der Waals surface area contributed by atoms with Gasteiger partial charge in [0.05, 0.1) is 0 Å². The highest BCUT2D eigenvalue weighted by molar-refractivity contribution is 6.78. The zero-order valence-electron chi connectivity index (χ0n) is 18.4. The summed E-state index contributed by atoms with van der Waals surface area (Å²) < 4.78 is 5.41. The Balaban J connectivity index is 1.68. The molecule has 0 radical (unpaired) electrons. The Labute approximate surface area is 178 Å². The molecule has 1 heterocycles. The van der Waals surface area contributed by atoms with Gasteiger partial charge in [0.15, 0.2) is 0 Å². The van der Waals surface area contributed by atoms with Crippen LogP contribution in [0.25, 0.3) is 0 Å². The SMILES string of the molecule is C[Si](C)(Nc1ccccc1)N1CCNCCN([Si](C)(C)Nc2ccccc2)CC1. The van der Waals surface area contributed by atoms with Gasteiger partial charge in [-0.3, -0.25) is 0 Å². The van der Waals surface area contributed by atoms with Crippen LogP contribution < -0.4 is 15.3 Å². The highest BCUT2D eigenvalue weighted by Crippen LogP contribution is 2.19. The maximum Gasteiger partial charge on any atom is 0.226 e. The van der Waals surface area contributed by atoms with Gasteiger partial charge in [-0.15, -0.1) is 0 Å². The highest BCUT2D eigenvalue weighted by atomic mass is 28.4. The Hall–Kier alpha value is -1.65. The summed E-state index contributed by atoms with van der Waals surface area (Å²) in [5.74, 6) is 0. The molecule has 0 bridgehead atoms. The van der Waals surface area contributed by atoms with Gasteiger partial charge in [-0.05, 0) is 50.5 Å². The van der Waals surface area contributed by atoms with Crippen molar-refractivity contribution >= 4 is 28.2 Å². The predicted octanol–water partition coefficient (Wildman–Crippen LogP) is 3.82. The number of rotatable bonds is 6. The minimum absolute atomic E-state index is 1.05. The molecule has 0 saturated carbocycles. The molecule has 158 valence electrons. The second-order valence-corrected chi connectivity index (χ2v) is 16.8. The lowest BCUT2D eigenvalue weighted by Crippen LogP contribution is -2.61. The second kappa shape index (κ2) is 9.91. The summed E-state index contributed by atoms with van der Waals surface area (Å²) in [6.07, 6.45) is 0. The van der Waals surface area contributed by atoms with E-state index in [-0.39, 0.29) is 0 Å². The largest absolute Gasteiger partial charge is 0.399 e. The van der Waals surface area contributed by atoms with E-state index in [2.05, 4.69) is 111 Å². The molecule has 0 unspecified atom stereocenters.